The van der Waals surface area contributed by atoms with E-state index in [0.717, 1.165) is 19.3 Å². The largest absolute Gasteiger partial charge is 0.477 e. The van der Waals surface area contributed by atoms with E-state index in [1.807, 2.05) is 11.8 Å². The number of pyridine rings is 1. The first kappa shape index (κ1) is 20.0. The summed E-state index contributed by atoms with van der Waals surface area (Å²) < 4.78 is 16.7. The van der Waals surface area contributed by atoms with Gasteiger partial charge in [0.05, 0.1) is 22.9 Å². The number of hydrogen-bond acceptors (Lipinski definition) is 5. The zero-order valence-electron chi connectivity index (χ0n) is 16.1. The van der Waals surface area contributed by atoms with Crippen LogP contribution in [0, 0.1) is 11.7 Å². The number of nitrogens with two attached hydrogens (primary N) is 1. The molecule has 29 heavy (non-hydrogen) atoms. The highest BCUT2D eigenvalue weighted by molar-refractivity contribution is 6.02. The van der Waals surface area contributed by atoms with Crippen LogP contribution in [0.1, 0.15) is 42.6 Å². The number of nitrogens with one attached hydrogen (secondary N) is 1. The topological polar surface area (TPSA) is 101 Å². The fraction of sp³-hybridized carbons (Fsp3) is 0.500. The SMILES string of the molecule is CC1CNc2c(N3CC[C@@H](C4(N)CC4)C3)c(F)cc3cc(C(=O)O)c(=O)n1c23.Cl. The maximum absolute atomic E-state index is 15.2. The van der Waals surface area contributed by atoms with E-state index in [0.29, 0.717) is 47.8 Å². The van der Waals surface area contributed by atoms with Gasteiger partial charge in [0.2, 0.25) is 0 Å². The van der Waals surface area contributed by atoms with Crippen molar-refractivity contribution in [2.75, 3.05) is 29.9 Å². The highest BCUT2D eigenvalue weighted by Crippen LogP contribution is 2.47. The minimum absolute atomic E-state index is 0. The molecule has 2 aromatic rings. The number of rotatable bonds is 3. The van der Waals surface area contributed by atoms with Crippen LogP contribution in [0.15, 0.2) is 16.9 Å². The minimum atomic E-state index is -1.30. The predicted molar refractivity (Wildman–Crippen MR) is 112 cm³/mol. The molecular formula is C20H24ClFN4O3. The molecule has 0 amide bonds. The number of nitrogens with zero attached hydrogens (tertiary/aromatic N) is 2. The second-order valence-corrected chi connectivity index (χ2v) is 8.45. The summed E-state index contributed by atoms with van der Waals surface area (Å²) in [5.74, 6) is -1.37. The van der Waals surface area contributed by atoms with E-state index < -0.39 is 17.3 Å². The van der Waals surface area contributed by atoms with Crippen molar-refractivity contribution in [3.8, 4) is 0 Å². The van der Waals surface area contributed by atoms with E-state index in [4.69, 9.17) is 5.73 Å². The smallest absolute Gasteiger partial charge is 0.341 e. The molecule has 156 valence electrons. The molecule has 3 aliphatic rings. The fourth-order valence-electron chi connectivity index (χ4n) is 4.84. The Kier molecular flexibility index (Phi) is 4.55. The number of anilines is 2. The summed E-state index contributed by atoms with van der Waals surface area (Å²) in [6.45, 7) is 3.69. The summed E-state index contributed by atoms with van der Waals surface area (Å²) >= 11 is 0. The molecule has 2 atom stereocenters. The molecule has 1 aromatic carbocycles. The Morgan fingerprint density at radius 3 is 2.76 bits per heavy atom. The maximum Gasteiger partial charge on any atom is 0.341 e. The molecule has 0 radical (unpaired) electrons. The van der Waals surface area contributed by atoms with Crippen molar-refractivity contribution in [3.63, 3.8) is 0 Å². The van der Waals surface area contributed by atoms with Gasteiger partial charge >= 0.3 is 5.97 Å². The number of benzene rings is 1. The lowest BCUT2D eigenvalue weighted by atomic mass is 9.97. The van der Waals surface area contributed by atoms with Crippen LogP contribution in [0.4, 0.5) is 15.8 Å². The second kappa shape index (κ2) is 6.60. The van der Waals surface area contributed by atoms with Crippen molar-refractivity contribution < 1.29 is 14.3 Å². The molecule has 7 nitrogen and oxygen atoms in total. The molecule has 2 aliphatic heterocycles. The Morgan fingerprint density at radius 1 is 1.38 bits per heavy atom. The van der Waals surface area contributed by atoms with Crippen molar-refractivity contribution in [3.05, 3.63) is 33.9 Å². The van der Waals surface area contributed by atoms with Crippen LogP contribution in [-0.4, -0.2) is 40.8 Å². The molecule has 2 fully saturated rings. The summed E-state index contributed by atoms with van der Waals surface area (Å²) in [7, 11) is 0. The van der Waals surface area contributed by atoms with Gasteiger partial charge in [0.15, 0.2) is 0 Å². The number of halogens is 2. The number of carboxylic acid groups (broad SMARTS) is 1. The number of aromatic nitrogens is 1. The Bertz CT molecular complexity index is 1080. The molecule has 0 bridgehead atoms. The van der Waals surface area contributed by atoms with Crippen LogP contribution in [0.5, 0.6) is 0 Å². The molecule has 9 heteroatoms. The molecular weight excluding hydrogens is 399 g/mol. The summed E-state index contributed by atoms with van der Waals surface area (Å²) in [5, 5.41) is 13.1. The van der Waals surface area contributed by atoms with Gasteiger partial charge in [-0.15, -0.1) is 12.4 Å². The van der Waals surface area contributed by atoms with Gasteiger partial charge in [-0.2, -0.15) is 0 Å². The van der Waals surface area contributed by atoms with E-state index in [-0.39, 0.29) is 29.6 Å². The lowest BCUT2D eigenvalue weighted by Gasteiger charge is -2.32. The Balaban J connectivity index is 0.00000205. The van der Waals surface area contributed by atoms with E-state index >= 15 is 4.39 Å². The zero-order chi connectivity index (χ0) is 19.8. The van der Waals surface area contributed by atoms with Gasteiger partial charge in [0, 0.05) is 30.6 Å². The zero-order valence-corrected chi connectivity index (χ0v) is 16.9. The summed E-state index contributed by atoms with van der Waals surface area (Å²) in [5.41, 5.74) is 6.98. The molecule has 1 unspecified atom stereocenters. The van der Waals surface area contributed by atoms with Gasteiger partial charge in [-0.05, 0) is 44.2 Å². The van der Waals surface area contributed by atoms with Crippen LogP contribution < -0.4 is 21.5 Å². The van der Waals surface area contributed by atoms with Gasteiger partial charge in [-0.25, -0.2) is 9.18 Å². The van der Waals surface area contributed by atoms with Crippen LogP contribution in [0.3, 0.4) is 0 Å². The fourth-order valence-corrected chi connectivity index (χ4v) is 4.84. The third-order valence-electron chi connectivity index (χ3n) is 6.64. The van der Waals surface area contributed by atoms with Crippen molar-refractivity contribution >= 4 is 40.7 Å². The monoisotopic (exact) mass is 422 g/mol. The Hall–Kier alpha value is -2.32. The molecule has 1 aliphatic carbocycles. The van der Waals surface area contributed by atoms with Crippen molar-refractivity contribution in [1.29, 1.82) is 0 Å². The molecule has 0 spiro atoms. The van der Waals surface area contributed by atoms with Gasteiger partial charge in [0.25, 0.3) is 5.56 Å². The lowest BCUT2D eigenvalue weighted by molar-refractivity contribution is 0.0694. The number of aromatic carboxylic acids is 1. The minimum Gasteiger partial charge on any atom is -0.477 e. The molecule has 3 heterocycles. The van der Waals surface area contributed by atoms with Crippen LogP contribution in [0.2, 0.25) is 0 Å². The molecule has 1 saturated heterocycles. The van der Waals surface area contributed by atoms with E-state index in [1.165, 1.54) is 16.7 Å². The quantitative estimate of drug-likeness (QED) is 0.702. The molecule has 1 saturated carbocycles. The normalized spacial score (nSPS) is 24.2. The first-order valence-corrected chi connectivity index (χ1v) is 9.73. The van der Waals surface area contributed by atoms with Crippen LogP contribution in [-0.2, 0) is 0 Å². The van der Waals surface area contributed by atoms with E-state index in [2.05, 4.69) is 5.32 Å². The van der Waals surface area contributed by atoms with Crippen LogP contribution >= 0.6 is 12.4 Å². The van der Waals surface area contributed by atoms with Crippen molar-refractivity contribution in [2.24, 2.45) is 11.7 Å². The Morgan fingerprint density at radius 2 is 2.10 bits per heavy atom. The van der Waals surface area contributed by atoms with E-state index in [1.54, 1.807) is 0 Å². The second-order valence-electron chi connectivity index (χ2n) is 8.45. The Labute approximate surface area is 173 Å². The number of hydrogen-bond donors (Lipinski definition) is 3. The standard InChI is InChI=1S/C20H23FN4O3.ClH/c1-10-8-23-15-16-11(6-13(19(27)28)18(26)25(10)16)7-14(21)17(15)24-5-2-12(9-24)20(22)3-4-20;/h6-7,10,12,23H,2-5,8-9,22H2,1H3,(H,27,28);1H/t10?,12-;/m1./s1. The summed E-state index contributed by atoms with van der Waals surface area (Å²) in [4.78, 5) is 26.3. The van der Waals surface area contributed by atoms with Gasteiger partial charge in [-0.3, -0.25) is 4.79 Å². The average Bonchev–Trinajstić information content (AvgIpc) is 3.20. The molecule has 5 rings (SSSR count). The van der Waals surface area contributed by atoms with E-state index in [9.17, 15) is 14.7 Å². The summed E-state index contributed by atoms with van der Waals surface area (Å²) in [6, 6.07) is 2.39. The van der Waals surface area contributed by atoms with Gasteiger partial charge in [0.1, 0.15) is 11.4 Å². The number of carbonyl (C=O) groups is 1. The third kappa shape index (κ3) is 2.88. The highest BCUT2D eigenvalue weighted by atomic mass is 35.5. The first-order chi connectivity index (χ1) is 13.3. The van der Waals surface area contributed by atoms with Gasteiger partial charge < -0.3 is 25.6 Å². The highest BCUT2D eigenvalue weighted by Gasteiger charge is 2.48. The maximum atomic E-state index is 15.2. The number of carboxylic acids is 1. The third-order valence-corrected chi connectivity index (χ3v) is 6.64. The van der Waals surface area contributed by atoms with Crippen molar-refractivity contribution in [1.82, 2.24) is 4.57 Å². The first-order valence-electron chi connectivity index (χ1n) is 9.73. The van der Waals surface area contributed by atoms with Crippen molar-refractivity contribution in [2.45, 2.75) is 37.8 Å². The average molecular weight is 423 g/mol. The molecule has 4 N–H and O–H groups in total. The van der Waals surface area contributed by atoms with Gasteiger partial charge in [-0.1, -0.05) is 0 Å². The predicted octanol–water partition coefficient (Wildman–Crippen LogP) is 2.56. The summed E-state index contributed by atoms with van der Waals surface area (Å²) in [6.07, 6.45) is 2.96. The molecule has 1 aromatic heterocycles. The lowest BCUT2D eigenvalue weighted by Crippen LogP contribution is -2.37. The van der Waals surface area contributed by atoms with Crippen LogP contribution in [0.25, 0.3) is 10.9 Å².